The normalized spacial score (nSPS) is 23.7. The number of aryl methyl sites for hydroxylation is 1. The summed E-state index contributed by atoms with van der Waals surface area (Å²) in [6.07, 6.45) is 17.3. The average Bonchev–Trinajstić information content (AvgIpc) is 3.86. The van der Waals surface area contributed by atoms with Gasteiger partial charge >= 0.3 is 0 Å². The maximum absolute atomic E-state index is 15.4. The highest BCUT2D eigenvalue weighted by molar-refractivity contribution is 6.33. The lowest BCUT2D eigenvalue weighted by Gasteiger charge is -2.32. The smallest absolute Gasteiger partial charge is 0.255 e. The lowest BCUT2D eigenvalue weighted by atomic mass is 9.87. The molecule has 5 aliphatic rings. The fourth-order valence-corrected chi connectivity index (χ4v) is 9.27. The van der Waals surface area contributed by atoms with Crippen molar-refractivity contribution in [1.29, 1.82) is 0 Å². The molecule has 4 fully saturated rings. The number of aromatic nitrogens is 4. The van der Waals surface area contributed by atoms with Gasteiger partial charge in [-0.05, 0) is 132 Å². The Morgan fingerprint density at radius 1 is 0.927 bits per heavy atom. The van der Waals surface area contributed by atoms with Gasteiger partial charge in [-0.25, -0.2) is 14.4 Å². The fourth-order valence-electron chi connectivity index (χ4n) is 9.08. The summed E-state index contributed by atoms with van der Waals surface area (Å²) in [6.45, 7) is 4.23. The second-order valence-corrected chi connectivity index (χ2v) is 16.8. The molecule has 0 bridgehead atoms. The van der Waals surface area contributed by atoms with E-state index in [0.29, 0.717) is 40.6 Å². The number of likely N-dealkylation sites (tertiary alicyclic amines) is 1. The van der Waals surface area contributed by atoms with E-state index < -0.39 is 11.9 Å². The summed E-state index contributed by atoms with van der Waals surface area (Å²) in [5.41, 5.74) is 4.74. The molecule has 3 aliphatic heterocycles. The predicted octanol–water partition coefficient (Wildman–Crippen LogP) is 5.75. The number of amides is 3. The number of imide groups is 1. The zero-order valence-electron chi connectivity index (χ0n) is 31.8. The van der Waals surface area contributed by atoms with Crippen molar-refractivity contribution in [3.63, 3.8) is 0 Å². The number of carbonyl (C=O) groups excluding carboxylic acids is 3. The highest BCUT2D eigenvalue weighted by Crippen LogP contribution is 2.38. The Morgan fingerprint density at radius 2 is 1.71 bits per heavy atom. The molecule has 1 atom stereocenters. The van der Waals surface area contributed by atoms with Crippen LogP contribution in [-0.2, 0) is 29.6 Å². The number of fused-ring (bicyclic) bond motifs is 1. The number of hydrogen-bond donors (Lipinski definition) is 3. The Kier molecular flexibility index (Phi) is 11.5. The highest BCUT2D eigenvalue weighted by atomic mass is 35.5. The lowest BCUT2D eigenvalue weighted by molar-refractivity contribution is -0.136. The molecule has 3 N–H and O–H groups in total. The van der Waals surface area contributed by atoms with Crippen LogP contribution in [0.5, 0.6) is 0 Å². The van der Waals surface area contributed by atoms with Crippen LogP contribution < -0.4 is 16.0 Å². The first kappa shape index (κ1) is 38.0. The Labute approximate surface area is 327 Å². The van der Waals surface area contributed by atoms with E-state index in [0.717, 1.165) is 107 Å². The topological polar surface area (TPSA) is 137 Å². The minimum absolute atomic E-state index is 0.114. The first-order valence-corrected chi connectivity index (χ1v) is 20.8. The van der Waals surface area contributed by atoms with Gasteiger partial charge in [0.15, 0.2) is 0 Å². The molecule has 2 aliphatic carbocycles. The molecule has 294 valence electrons. The second-order valence-electron chi connectivity index (χ2n) is 16.4. The first-order valence-electron chi connectivity index (χ1n) is 20.4. The van der Waals surface area contributed by atoms with E-state index in [4.69, 9.17) is 16.6 Å². The molecule has 14 heteroatoms. The third-order valence-electron chi connectivity index (χ3n) is 12.6. The van der Waals surface area contributed by atoms with Gasteiger partial charge in [0.25, 0.3) is 5.91 Å². The van der Waals surface area contributed by atoms with Crippen LogP contribution in [0.1, 0.15) is 117 Å². The van der Waals surface area contributed by atoms with E-state index in [-0.39, 0.29) is 36.5 Å². The van der Waals surface area contributed by atoms with Crippen molar-refractivity contribution in [2.45, 2.75) is 120 Å². The minimum Gasteiger partial charge on any atom is -0.351 e. The van der Waals surface area contributed by atoms with Crippen LogP contribution in [-0.4, -0.2) is 91.6 Å². The Hall–Kier alpha value is -3.94. The SMILES string of the molecule is Cn1ncc(-c2nc(NC3CCC(NCCCCCN4CCC(c5cc6c(cc5F)C(=O)N(C5CCC(=O)NC5=O)C6)CC4)CC3)ncc2Cl)c1CC1CC1. The van der Waals surface area contributed by atoms with Crippen molar-refractivity contribution >= 4 is 35.3 Å². The van der Waals surface area contributed by atoms with Gasteiger partial charge in [-0.15, -0.1) is 0 Å². The molecule has 1 unspecified atom stereocenters. The predicted molar refractivity (Wildman–Crippen MR) is 208 cm³/mol. The molecule has 2 aromatic heterocycles. The van der Waals surface area contributed by atoms with Crippen LogP contribution in [0.25, 0.3) is 11.3 Å². The van der Waals surface area contributed by atoms with Gasteiger partial charge in [0.1, 0.15) is 11.9 Å². The third kappa shape index (κ3) is 8.73. The summed E-state index contributed by atoms with van der Waals surface area (Å²) in [6, 6.07) is 3.40. The molecule has 12 nitrogen and oxygen atoms in total. The number of halogens is 2. The largest absolute Gasteiger partial charge is 0.351 e. The van der Waals surface area contributed by atoms with Gasteiger partial charge in [0, 0.05) is 48.9 Å². The van der Waals surface area contributed by atoms with Crippen LogP contribution in [0.3, 0.4) is 0 Å². The summed E-state index contributed by atoms with van der Waals surface area (Å²) in [4.78, 5) is 50.4. The fraction of sp³-hybridized carbons (Fsp3) is 0.610. The molecule has 2 saturated carbocycles. The Balaban J connectivity index is 0.716. The quantitative estimate of drug-likeness (QED) is 0.138. The van der Waals surface area contributed by atoms with Gasteiger partial charge < -0.3 is 20.4 Å². The summed E-state index contributed by atoms with van der Waals surface area (Å²) in [5, 5.41) is 14.8. The van der Waals surface area contributed by atoms with Crippen LogP contribution in [0.2, 0.25) is 5.02 Å². The molecule has 3 aromatic rings. The summed E-state index contributed by atoms with van der Waals surface area (Å²) in [5.74, 6) is 0.0477. The number of hydrogen-bond acceptors (Lipinski definition) is 9. The van der Waals surface area contributed by atoms with E-state index in [1.807, 2.05) is 24.0 Å². The number of nitrogens with zero attached hydrogens (tertiary/aromatic N) is 6. The van der Waals surface area contributed by atoms with Gasteiger partial charge in [-0.3, -0.25) is 24.4 Å². The Morgan fingerprint density at radius 3 is 2.47 bits per heavy atom. The lowest BCUT2D eigenvalue weighted by Crippen LogP contribution is -2.52. The molecule has 2 saturated heterocycles. The van der Waals surface area contributed by atoms with Crippen LogP contribution >= 0.6 is 11.6 Å². The number of piperidine rings is 2. The van der Waals surface area contributed by atoms with Gasteiger partial charge in [-0.2, -0.15) is 5.10 Å². The van der Waals surface area contributed by atoms with E-state index in [1.54, 1.807) is 6.20 Å². The van der Waals surface area contributed by atoms with Gasteiger partial charge in [0.2, 0.25) is 17.8 Å². The van der Waals surface area contributed by atoms with E-state index in [1.165, 1.54) is 35.9 Å². The molecule has 5 heterocycles. The minimum atomic E-state index is -0.693. The third-order valence-corrected chi connectivity index (χ3v) is 12.8. The average molecular weight is 774 g/mol. The van der Waals surface area contributed by atoms with Crippen LogP contribution in [0.4, 0.5) is 10.3 Å². The second kappa shape index (κ2) is 16.7. The number of anilines is 1. The molecule has 8 rings (SSSR count). The monoisotopic (exact) mass is 773 g/mol. The standard InChI is InChI=1S/C41H53ClFN9O3/c1-50-36(19-25-5-6-25)32(22-46-50)38-33(42)23-45-41(49-38)47-29-9-7-28(8-10-29)44-15-3-2-4-16-51-17-13-26(14-18-51)30-20-27-24-52(40(55)31(27)21-34(30)43)35-11-12-37(53)48-39(35)54/h20-23,25-26,28-29,35,44H,2-19,24H2,1H3,(H,45,47,49)(H,48,53,54). The maximum atomic E-state index is 15.4. The number of nitrogens with one attached hydrogen (secondary N) is 3. The number of benzene rings is 1. The molecule has 3 amide bonds. The summed E-state index contributed by atoms with van der Waals surface area (Å²) in [7, 11) is 1.99. The van der Waals surface area contributed by atoms with Crippen LogP contribution in [0, 0.1) is 11.7 Å². The first-order chi connectivity index (χ1) is 26.7. The number of carbonyl (C=O) groups is 3. The van der Waals surface area contributed by atoms with E-state index >= 15 is 4.39 Å². The van der Waals surface area contributed by atoms with Crippen molar-refractivity contribution in [2.75, 3.05) is 31.5 Å². The Bertz CT molecular complexity index is 1900. The molecule has 55 heavy (non-hydrogen) atoms. The number of rotatable bonds is 14. The van der Waals surface area contributed by atoms with Crippen molar-refractivity contribution in [1.82, 2.24) is 40.2 Å². The summed E-state index contributed by atoms with van der Waals surface area (Å²) >= 11 is 6.59. The van der Waals surface area contributed by atoms with Gasteiger partial charge in [-0.1, -0.05) is 24.1 Å². The molecule has 0 spiro atoms. The van der Waals surface area contributed by atoms with E-state index in [2.05, 4.69) is 30.9 Å². The van der Waals surface area contributed by atoms with Crippen molar-refractivity contribution in [2.24, 2.45) is 13.0 Å². The van der Waals surface area contributed by atoms with E-state index in [9.17, 15) is 14.4 Å². The molecular weight excluding hydrogens is 721 g/mol. The zero-order chi connectivity index (χ0) is 38.1. The van der Waals surface area contributed by atoms with Gasteiger partial charge in [0.05, 0.1) is 23.1 Å². The maximum Gasteiger partial charge on any atom is 0.255 e. The highest BCUT2D eigenvalue weighted by Gasteiger charge is 2.40. The molecular formula is C41H53ClFN9O3. The molecule has 1 aromatic carbocycles. The summed E-state index contributed by atoms with van der Waals surface area (Å²) < 4.78 is 17.3. The van der Waals surface area contributed by atoms with Crippen LogP contribution in [0.15, 0.2) is 24.5 Å². The van der Waals surface area contributed by atoms with Crippen molar-refractivity contribution in [3.8, 4) is 11.3 Å². The number of unbranched alkanes of at least 4 members (excludes halogenated alkanes) is 2. The van der Waals surface area contributed by atoms with Crippen molar-refractivity contribution < 1.29 is 18.8 Å². The zero-order valence-corrected chi connectivity index (χ0v) is 32.6. The molecule has 0 radical (unpaired) electrons. The van der Waals surface area contributed by atoms with Crippen molar-refractivity contribution in [3.05, 3.63) is 57.8 Å².